The molecule has 2 aromatic heterocycles. The van der Waals surface area contributed by atoms with Gasteiger partial charge in [-0.05, 0) is 49.9 Å². The minimum absolute atomic E-state index is 0.0954. The third-order valence-electron chi connectivity index (χ3n) is 4.44. The summed E-state index contributed by atoms with van der Waals surface area (Å²) in [5, 5.41) is 11.4. The van der Waals surface area contributed by atoms with Gasteiger partial charge in [-0.2, -0.15) is 5.10 Å². The number of halogens is 2. The Morgan fingerprint density at radius 3 is 2.96 bits per heavy atom. The minimum Gasteiger partial charge on any atom is -0.346 e. The molecule has 1 aliphatic carbocycles. The molecule has 6 nitrogen and oxygen atoms in total. The van der Waals surface area contributed by atoms with Gasteiger partial charge in [0.1, 0.15) is 0 Å². The molecule has 0 aliphatic heterocycles. The number of aliphatic imine (C=N–C) groups is 1. The van der Waals surface area contributed by atoms with Crippen LogP contribution in [0.5, 0.6) is 0 Å². The summed E-state index contributed by atoms with van der Waals surface area (Å²) in [6, 6.07) is 9.18. The van der Waals surface area contributed by atoms with Gasteiger partial charge in [0.2, 0.25) is 5.91 Å². The van der Waals surface area contributed by atoms with Crippen LogP contribution >= 0.6 is 35.0 Å². The Labute approximate surface area is 176 Å². The summed E-state index contributed by atoms with van der Waals surface area (Å²) >= 11 is 14.0. The third-order valence-corrected chi connectivity index (χ3v) is 5.95. The van der Waals surface area contributed by atoms with Gasteiger partial charge in [0.05, 0.1) is 16.5 Å². The van der Waals surface area contributed by atoms with Crippen LogP contribution in [0.3, 0.4) is 0 Å². The first kappa shape index (κ1) is 19.1. The van der Waals surface area contributed by atoms with Crippen LogP contribution in [0.25, 0.3) is 17.1 Å². The fourth-order valence-corrected chi connectivity index (χ4v) is 4.13. The summed E-state index contributed by atoms with van der Waals surface area (Å²) < 4.78 is 1.91. The maximum Gasteiger partial charge on any atom is 0.223 e. The fraction of sp³-hybridized carbons (Fsp3) is 0.211. The van der Waals surface area contributed by atoms with Gasteiger partial charge in [0.25, 0.3) is 0 Å². The number of aromatic nitrogens is 3. The van der Waals surface area contributed by atoms with Crippen molar-refractivity contribution in [2.45, 2.75) is 17.7 Å². The predicted molar refractivity (Wildman–Crippen MR) is 114 cm³/mol. The molecule has 1 saturated carbocycles. The Hall–Kier alpha value is -2.22. The topological polar surface area (TPSA) is 75.1 Å². The second-order valence-corrected chi connectivity index (χ2v) is 8.20. The lowest BCUT2D eigenvalue weighted by molar-refractivity contribution is -0.121. The average molecular weight is 434 g/mol. The van der Waals surface area contributed by atoms with Gasteiger partial charge in [-0.1, -0.05) is 35.0 Å². The van der Waals surface area contributed by atoms with Crippen molar-refractivity contribution in [3.8, 4) is 17.1 Å². The summed E-state index contributed by atoms with van der Waals surface area (Å²) in [5.41, 5.74) is 1.65. The fourth-order valence-electron chi connectivity index (χ4n) is 2.86. The molecule has 1 amide bonds. The Kier molecular flexibility index (Phi) is 5.48. The van der Waals surface area contributed by atoms with Gasteiger partial charge in [-0.3, -0.25) is 14.5 Å². The van der Waals surface area contributed by atoms with E-state index in [2.05, 4.69) is 27.2 Å². The third kappa shape index (κ3) is 3.83. The SMILES string of the molecule is C=Nc1[nH]nc(-n2cccc2-c2cc(Cl)ccc2Cl)c1SCNC(=O)C1CC1. The molecule has 144 valence electrons. The summed E-state index contributed by atoms with van der Waals surface area (Å²) in [6.07, 6.45) is 3.84. The molecule has 0 unspecified atom stereocenters. The van der Waals surface area contributed by atoms with Crippen LogP contribution in [0.15, 0.2) is 46.4 Å². The minimum atomic E-state index is 0.0954. The second kappa shape index (κ2) is 8.03. The van der Waals surface area contributed by atoms with Gasteiger partial charge < -0.3 is 5.32 Å². The van der Waals surface area contributed by atoms with Gasteiger partial charge in [-0.25, -0.2) is 4.99 Å². The largest absolute Gasteiger partial charge is 0.346 e. The lowest BCUT2D eigenvalue weighted by atomic mass is 10.1. The number of hydrogen-bond acceptors (Lipinski definition) is 4. The molecule has 28 heavy (non-hydrogen) atoms. The molecule has 1 aromatic carbocycles. The van der Waals surface area contributed by atoms with E-state index in [1.807, 2.05) is 29.0 Å². The molecule has 0 atom stereocenters. The molecule has 2 N–H and O–H groups in total. The van der Waals surface area contributed by atoms with E-state index >= 15 is 0 Å². The highest BCUT2D eigenvalue weighted by Gasteiger charge is 2.29. The number of H-pyrrole nitrogens is 1. The molecule has 1 aliphatic rings. The van der Waals surface area contributed by atoms with Gasteiger partial charge in [0.15, 0.2) is 11.6 Å². The van der Waals surface area contributed by atoms with Crippen LogP contribution in [0.1, 0.15) is 12.8 Å². The number of nitrogens with one attached hydrogen (secondary N) is 2. The van der Waals surface area contributed by atoms with Gasteiger partial charge >= 0.3 is 0 Å². The van der Waals surface area contributed by atoms with Crippen LogP contribution in [0.4, 0.5) is 5.82 Å². The number of carbonyl (C=O) groups is 1. The van der Waals surface area contributed by atoms with E-state index in [-0.39, 0.29) is 11.8 Å². The lowest BCUT2D eigenvalue weighted by Gasteiger charge is -2.11. The maximum absolute atomic E-state index is 11.9. The molecular formula is C19H17Cl2N5OS. The highest BCUT2D eigenvalue weighted by atomic mass is 35.5. The maximum atomic E-state index is 11.9. The molecule has 0 saturated heterocycles. The van der Waals surface area contributed by atoms with Crippen molar-refractivity contribution in [1.82, 2.24) is 20.1 Å². The smallest absolute Gasteiger partial charge is 0.223 e. The van der Waals surface area contributed by atoms with Crippen LogP contribution < -0.4 is 5.32 Å². The normalized spacial score (nSPS) is 13.5. The zero-order valence-electron chi connectivity index (χ0n) is 14.8. The Morgan fingerprint density at radius 1 is 1.39 bits per heavy atom. The van der Waals surface area contributed by atoms with E-state index in [4.69, 9.17) is 23.2 Å². The van der Waals surface area contributed by atoms with Gasteiger partial charge in [0, 0.05) is 27.7 Å². The molecule has 4 rings (SSSR count). The van der Waals surface area contributed by atoms with Crippen LogP contribution in [0.2, 0.25) is 10.0 Å². The van der Waals surface area contributed by atoms with Crippen molar-refractivity contribution in [2.75, 3.05) is 5.88 Å². The van der Waals surface area contributed by atoms with Crippen molar-refractivity contribution in [3.05, 3.63) is 46.6 Å². The number of hydrogen-bond donors (Lipinski definition) is 2. The van der Waals surface area contributed by atoms with Crippen molar-refractivity contribution < 1.29 is 4.79 Å². The van der Waals surface area contributed by atoms with Crippen molar-refractivity contribution in [3.63, 3.8) is 0 Å². The number of benzene rings is 1. The Morgan fingerprint density at radius 2 is 2.21 bits per heavy atom. The zero-order chi connectivity index (χ0) is 19.7. The van der Waals surface area contributed by atoms with E-state index in [1.165, 1.54) is 11.8 Å². The molecule has 0 spiro atoms. The molecule has 3 aromatic rings. The lowest BCUT2D eigenvalue weighted by Crippen LogP contribution is -2.24. The van der Waals surface area contributed by atoms with E-state index < -0.39 is 0 Å². The summed E-state index contributed by atoms with van der Waals surface area (Å²) in [7, 11) is 0. The summed E-state index contributed by atoms with van der Waals surface area (Å²) in [6.45, 7) is 3.60. The molecule has 0 bridgehead atoms. The predicted octanol–water partition coefficient (Wildman–Crippen LogP) is 5.08. The molecule has 0 radical (unpaired) electrons. The number of thioether (sulfide) groups is 1. The molecule has 2 heterocycles. The standard InChI is InChI=1S/C19H17Cl2N5OS/c1-22-17-16(28-10-23-19(27)11-4-5-11)18(25-24-17)26-8-2-3-15(26)13-9-12(20)6-7-14(13)21/h2-3,6-9,11H,1,4-5,10H2,(H,23,27)(H,24,25). The molecule has 9 heteroatoms. The second-order valence-electron chi connectivity index (χ2n) is 6.37. The highest BCUT2D eigenvalue weighted by Crippen LogP contribution is 2.37. The first-order chi connectivity index (χ1) is 13.6. The zero-order valence-corrected chi connectivity index (χ0v) is 17.1. The van der Waals surface area contributed by atoms with Crippen LogP contribution in [-0.2, 0) is 4.79 Å². The monoisotopic (exact) mass is 433 g/mol. The van der Waals surface area contributed by atoms with E-state index in [9.17, 15) is 4.79 Å². The van der Waals surface area contributed by atoms with Crippen LogP contribution in [0, 0.1) is 5.92 Å². The summed E-state index contributed by atoms with van der Waals surface area (Å²) in [5.74, 6) is 1.90. The number of amides is 1. The summed E-state index contributed by atoms with van der Waals surface area (Å²) in [4.78, 5) is 16.7. The Bertz CT molecular complexity index is 1040. The van der Waals surface area contributed by atoms with E-state index in [1.54, 1.807) is 12.1 Å². The van der Waals surface area contributed by atoms with Crippen molar-refractivity contribution in [1.29, 1.82) is 0 Å². The van der Waals surface area contributed by atoms with E-state index in [0.29, 0.717) is 27.6 Å². The van der Waals surface area contributed by atoms with Crippen LogP contribution in [-0.4, -0.2) is 33.3 Å². The van der Waals surface area contributed by atoms with E-state index in [0.717, 1.165) is 29.0 Å². The first-order valence-corrected chi connectivity index (χ1v) is 10.4. The molecular weight excluding hydrogens is 417 g/mol. The quantitative estimate of drug-likeness (QED) is 0.309. The number of aromatic amines is 1. The highest BCUT2D eigenvalue weighted by molar-refractivity contribution is 7.99. The first-order valence-electron chi connectivity index (χ1n) is 8.67. The number of nitrogens with zero attached hydrogens (tertiary/aromatic N) is 3. The number of carbonyl (C=O) groups excluding carboxylic acids is 1. The molecule has 1 fully saturated rings. The van der Waals surface area contributed by atoms with Crippen molar-refractivity contribution >= 4 is 53.4 Å². The number of rotatable bonds is 7. The average Bonchev–Trinajstić information content (AvgIpc) is 3.30. The van der Waals surface area contributed by atoms with Crippen molar-refractivity contribution in [2.24, 2.45) is 10.9 Å². The Balaban J connectivity index is 1.66. The van der Waals surface area contributed by atoms with Gasteiger partial charge in [-0.15, -0.1) is 0 Å².